The minimum Gasteiger partial charge on any atom is -0.692 e. The number of aromatic nitrogens is 5. The number of rotatable bonds is 1. The molecule has 0 radical (unpaired) electrons. The molecule has 0 aliphatic heterocycles. The molecule has 0 aliphatic rings. The molecule has 0 bridgehead atoms. The fourth-order valence-electron chi connectivity index (χ4n) is 2.42. The van der Waals surface area contributed by atoms with Crippen LogP contribution in [0.25, 0.3) is 27.8 Å². The Morgan fingerprint density at radius 2 is 1.95 bits per heavy atom. The first kappa shape index (κ1) is 11.8. The Hall–Kier alpha value is -2.96. The van der Waals surface area contributed by atoms with Crippen LogP contribution in [-0.2, 0) is 0 Å². The first-order valence-corrected chi connectivity index (χ1v) is 6.47. The van der Waals surface area contributed by atoms with Crippen molar-refractivity contribution < 1.29 is 9.47 Å². The molecule has 21 heavy (non-hydrogen) atoms. The van der Waals surface area contributed by atoms with E-state index in [1.807, 2.05) is 32.0 Å². The summed E-state index contributed by atoms with van der Waals surface area (Å²) in [7, 11) is 0. The number of aryl methyl sites for hydroxylation is 1. The molecular weight excluding hydrogens is 270 g/mol. The summed E-state index contributed by atoms with van der Waals surface area (Å²) in [4.78, 5) is 2.09. The molecule has 2 aromatic heterocycles. The summed E-state index contributed by atoms with van der Waals surface area (Å²) in [5.74, 6) is 0. The molecule has 0 atom stereocenters. The number of nitrogens with zero attached hydrogens (tertiary/aromatic N) is 5. The average molecular weight is 281 g/mol. The predicted molar refractivity (Wildman–Crippen MR) is 74.9 cm³/mol. The second-order valence-corrected chi connectivity index (χ2v) is 4.95. The van der Waals surface area contributed by atoms with E-state index >= 15 is 0 Å². The normalized spacial score (nSPS) is 11.5. The van der Waals surface area contributed by atoms with Crippen LogP contribution in [-0.4, -0.2) is 20.2 Å². The van der Waals surface area contributed by atoms with E-state index in [9.17, 15) is 5.21 Å². The van der Waals surface area contributed by atoms with Gasteiger partial charge in [-0.3, -0.25) is 0 Å². The lowest BCUT2D eigenvalue weighted by atomic mass is 10.1. The van der Waals surface area contributed by atoms with Crippen LogP contribution in [0.5, 0.6) is 0 Å². The van der Waals surface area contributed by atoms with Crippen LogP contribution in [0.2, 0.25) is 0 Å². The Labute approximate surface area is 118 Å². The molecule has 0 fully saturated rings. The standard InChI is InChI=1S/C14H11N5O2/c1-8-4-3-5-11(9(8)2)18-15-14-12(19(18)20)7-6-10-13(14)17-21-16-10/h3-7H,1-2H3. The second kappa shape index (κ2) is 4.02. The van der Waals surface area contributed by atoms with E-state index in [4.69, 9.17) is 4.63 Å². The van der Waals surface area contributed by atoms with E-state index in [1.165, 1.54) is 4.80 Å². The first-order valence-electron chi connectivity index (χ1n) is 6.47. The molecule has 0 N–H and O–H groups in total. The lowest BCUT2D eigenvalue weighted by Crippen LogP contribution is -2.37. The van der Waals surface area contributed by atoms with Gasteiger partial charge in [-0.25, -0.2) is 4.63 Å². The van der Waals surface area contributed by atoms with Crippen molar-refractivity contribution in [3.63, 3.8) is 0 Å². The highest BCUT2D eigenvalue weighted by atomic mass is 16.6. The highest BCUT2D eigenvalue weighted by Gasteiger charge is 2.22. The summed E-state index contributed by atoms with van der Waals surface area (Å²) in [6.45, 7) is 3.96. The molecule has 0 saturated carbocycles. The fraction of sp³-hybridized carbons (Fsp3) is 0.143. The largest absolute Gasteiger partial charge is 0.692 e. The van der Waals surface area contributed by atoms with Crippen LogP contribution < -0.4 is 4.85 Å². The molecule has 0 saturated heterocycles. The van der Waals surface area contributed by atoms with Gasteiger partial charge in [-0.05, 0) is 58.3 Å². The summed E-state index contributed by atoms with van der Waals surface area (Å²) in [6.07, 6.45) is 0. The van der Waals surface area contributed by atoms with Gasteiger partial charge in [0.05, 0.1) is 5.10 Å². The maximum atomic E-state index is 12.5. The maximum absolute atomic E-state index is 12.5. The molecule has 0 unspecified atom stereocenters. The van der Waals surface area contributed by atoms with Gasteiger partial charge < -0.3 is 5.21 Å². The fourth-order valence-corrected chi connectivity index (χ4v) is 2.42. The minimum absolute atomic E-state index is 0.430. The van der Waals surface area contributed by atoms with Crippen molar-refractivity contribution in [2.24, 2.45) is 0 Å². The van der Waals surface area contributed by atoms with Crippen molar-refractivity contribution in [1.29, 1.82) is 0 Å². The van der Waals surface area contributed by atoms with Crippen LogP contribution in [0.4, 0.5) is 0 Å². The maximum Gasteiger partial charge on any atom is 0.281 e. The van der Waals surface area contributed by atoms with Gasteiger partial charge in [0.1, 0.15) is 11.2 Å². The van der Waals surface area contributed by atoms with Crippen LogP contribution in [0, 0.1) is 19.1 Å². The molecule has 4 aromatic rings. The van der Waals surface area contributed by atoms with E-state index in [0.29, 0.717) is 22.1 Å². The lowest BCUT2D eigenvalue weighted by molar-refractivity contribution is -0.664. The van der Waals surface area contributed by atoms with Crippen LogP contribution in [0.15, 0.2) is 35.0 Å². The highest BCUT2D eigenvalue weighted by Crippen LogP contribution is 2.21. The van der Waals surface area contributed by atoms with E-state index in [2.05, 4.69) is 15.4 Å². The van der Waals surface area contributed by atoms with Gasteiger partial charge in [-0.15, -0.1) is 4.85 Å². The molecular formula is C14H11N5O2. The zero-order chi connectivity index (χ0) is 14.6. The predicted octanol–water partition coefficient (Wildman–Crippen LogP) is 1.81. The summed E-state index contributed by atoms with van der Waals surface area (Å²) >= 11 is 0. The van der Waals surface area contributed by atoms with E-state index in [1.54, 1.807) is 12.1 Å². The SMILES string of the molecule is Cc1cccc(-n2nc3c4nonc4ccc3[n+]2[O-])c1C. The molecule has 7 nitrogen and oxygen atoms in total. The van der Waals surface area contributed by atoms with Gasteiger partial charge in [0, 0.05) is 0 Å². The molecule has 0 aliphatic carbocycles. The third-order valence-electron chi connectivity index (χ3n) is 3.74. The van der Waals surface area contributed by atoms with Crippen molar-refractivity contribution >= 4 is 22.1 Å². The molecule has 4 rings (SSSR count). The molecule has 0 spiro atoms. The molecule has 2 aromatic carbocycles. The van der Waals surface area contributed by atoms with Crippen molar-refractivity contribution in [2.75, 3.05) is 0 Å². The summed E-state index contributed by atoms with van der Waals surface area (Å²) in [6, 6.07) is 9.12. The summed E-state index contributed by atoms with van der Waals surface area (Å²) in [5.41, 5.74) is 4.81. The van der Waals surface area contributed by atoms with Crippen LogP contribution in [0.1, 0.15) is 11.1 Å². The Balaban J connectivity index is 2.10. The van der Waals surface area contributed by atoms with E-state index in [0.717, 1.165) is 21.7 Å². The molecule has 0 amide bonds. The number of hydrogen-bond donors (Lipinski definition) is 0. The van der Waals surface area contributed by atoms with Crippen LogP contribution in [0.3, 0.4) is 0 Å². The smallest absolute Gasteiger partial charge is 0.281 e. The van der Waals surface area contributed by atoms with Crippen LogP contribution >= 0.6 is 0 Å². The summed E-state index contributed by atoms with van der Waals surface area (Å²) in [5, 5.41) is 24.5. The number of hydrogen-bond acceptors (Lipinski definition) is 5. The monoisotopic (exact) mass is 281 g/mol. The molecule has 7 heteroatoms. The number of benzene rings is 2. The van der Waals surface area contributed by atoms with Gasteiger partial charge in [-0.1, -0.05) is 12.1 Å². The zero-order valence-electron chi connectivity index (χ0n) is 11.4. The highest BCUT2D eigenvalue weighted by molar-refractivity contribution is 5.97. The average Bonchev–Trinajstić information content (AvgIpc) is 3.07. The number of fused-ring (bicyclic) bond motifs is 3. The van der Waals surface area contributed by atoms with E-state index in [-0.39, 0.29) is 0 Å². The van der Waals surface area contributed by atoms with Crippen molar-refractivity contribution in [3.05, 3.63) is 46.7 Å². The van der Waals surface area contributed by atoms with Gasteiger partial charge in [0.25, 0.3) is 5.52 Å². The van der Waals surface area contributed by atoms with Crippen molar-refractivity contribution in [2.45, 2.75) is 13.8 Å². The third-order valence-corrected chi connectivity index (χ3v) is 3.74. The van der Waals surface area contributed by atoms with Crippen molar-refractivity contribution in [1.82, 2.24) is 20.2 Å². The lowest BCUT2D eigenvalue weighted by Gasteiger charge is -2.08. The third kappa shape index (κ3) is 1.54. The second-order valence-electron chi connectivity index (χ2n) is 4.95. The Bertz CT molecular complexity index is 986. The van der Waals surface area contributed by atoms with Gasteiger partial charge in [0.15, 0.2) is 5.52 Å². The van der Waals surface area contributed by atoms with E-state index < -0.39 is 0 Å². The minimum atomic E-state index is 0.430. The Kier molecular flexibility index (Phi) is 2.26. The Morgan fingerprint density at radius 1 is 1.10 bits per heavy atom. The molecule has 104 valence electrons. The first-order chi connectivity index (χ1) is 10.2. The topological polar surface area (TPSA) is 83.7 Å². The van der Waals surface area contributed by atoms with Gasteiger partial charge in [-0.2, -0.15) is 0 Å². The summed E-state index contributed by atoms with van der Waals surface area (Å²) < 4.78 is 4.71. The Morgan fingerprint density at radius 3 is 2.81 bits per heavy atom. The quantitative estimate of drug-likeness (QED) is 0.392. The zero-order valence-corrected chi connectivity index (χ0v) is 11.4. The molecule has 2 heterocycles. The van der Waals surface area contributed by atoms with Gasteiger partial charge >= 0.3 is 0 Å². The van der Waals surface area contributed by atoms with Crippen molar-refractivity contribution in [3.8, 4) is 5.69 Å². The van der Waals surface area contributed by atoms with Gasteiger partial charge in [0.2, 0.25) is 5.52 Å².